The summed E-state index contributed by atoms with van der Waals surface area (Å²) in [6, 6.07) is 21.4. The van der Waals surface area contributed by atoms with Crippen molar-refractivity contribution in [3.63, 3.8) is 0 Å². The van der Waals surface area contributed by atoms with Crippen molar-refractivity contribution in [1.29, 1.82) is 0 Å². The Hall–Kier alpha value is -4.17. The van der Waals surface area contributed by atoms with Crippen LogP contribution in [0.1, 0.15) is 29.2 Å². The quantitative estimate of drug-likeness (QED) is 0.386. The summed E-state index contributed by atoms with van der Waals surface area (Å²) in [5.41, 5.74) is 5.11. The van der Waals surface area contributed by atoms with Gasteiger partial charge < -0.3 is 19.1 Å². The Morgan fingerprint density at radius 3 is 2.26 bits per heavy atom. The molecule has 0 fully saturated rings. The van der Waals surface area contributed by atoms with Crippen LogP contribution in [0, 0.1) is 11.8 Å². The second kappa shape index (κ2) is 10.8. The molecule has 3 aromatic carbocycles. The van der Waals surface area contributed by atoms with E-state index in [2.05, 4.69) is 11.8 Å². The lowest BCUT2D eigenvalue weighted by molar-refractivity contribution is -0.125. The molecular formula is C30H29NO4. The van der Waals surface area contributed by atoms with Gasteiger partial charge in [0, 0.05) is 24.2 Å². The smallest absolute Gasteiger partial charge is 0.255 e. The van der Waals surface area contributed by atoms with Gasteiger partial charge in [0.05, 0.1) is 26.9 Å². The number of methoxy groups -OCH3 is 3. The number of fused-ring (bicyclic) bond motifs is 1. The van der Waals surface area contributed by atoms with Crippen molar-refractivity contribution in [2.45, 2.75) is 19.9 Å². The summed E-state index contributed by atoms with van der Waals surface area (Å²) in [5, 5.41) is 0. The van der Waals surface area contributed by atoms with E-state index < -0.39 is 0 Å². The molecular weight excluding hydrogens is 438 g/mol. The fraction of sp³-hybridized carbons (Fsp3) is 0.233. The molecule has 0 aliphatic carbocycles. The highest BCUT2D eigenvalue weighted by Gasteiger charge is 2.29. The van der Waals surface area contributed by atoms with Crippen molar-refractivity contribution >= 4 is 11.5 Å². The third-order valence-corrected chi connectivity index (χ3v) is 6.11. The summed E-state index contributed by atoms with van der Waals surface area (Å²) in [7, 11) is 4.86. The minimum atomic E-state index is -0.0494. The molecule has 0 unspecified atom stereocenters. The van der Waals surface area contributed by atoms with Crippen molar-refractivity contribution in [1.82, 2.24) is 4.90 Å². The molecule has 5 heteroatoms. The normalized spacial score (nSPS) is 14.3. The zero-order valence-corrected chi connectivity index (χ0v) is 20.6. The highest BCUT2D eigenvalue weighted by molar-refractivity contribution is 6.22. The van der Waals surface area contributed by atoms with Gasteiger partial charge in [-0.2, -0.15) is 0 Å². The van der Waals surface area contributed by atoms with Crippen LogP contribution in [0.3, 0.4) is 0 Å². The second-order valence-electron chi connectivity index (χ2n) is 8.31. The second-order valence-corrected chi connectivity index (χ2v) is 8.31. The van der Waals surface area contributed by atoms with Gasteiger partial charge in [0.1, 0.15) is 5.75 Å². The standard InChI is InChI=1S/C30H29NO4/c1-21(10-11-22-8-6-5-7-9-22)29-26-19-28(35-4)27(34-3)18-24(26)16-17-31(30(29)32)20-23-12-14-25(33-2)15-13-23/h5-9,12-15,18-19H,16-17,20H2,1-4H3/b29-21+. The van der Waals surface area contributed by atoms with E-state index in [1.54, 1.807) is 21.3 Å². The van der Waals surface area contributed by atoms with Crippen LogP contribution in [0.4, 0.5) is 0 Å². The highest BCUT2D eigenvalue weighted by Crippen LogP contribution is 2.37. The van der Waals surface area contributed by atoms with Crippen LogP contribution in [0.5, 0.6) is 17.2 Å². The van der Waals surface area contributed by atoms with Crippen molar-refractivity contribution in [2.75, 3.05) is 27.9 Å². The minimum Gasteiger partial charge on any atom is -0.497 e. The number of nitrogens with zero attached hydrogens (tertiary/aromatic N) is 1. The van der Waals surface area contributed by atoms with E-state index in [1.807, 2.05) is 78.6 Å². The molecule has 0 saturated heterocycles. The maximum atomic E-state index is 13.9. The van der Waals surface area contributed by atoms with Crippen LogP contribution < -0.4 is 14.2 Å². The van der Waals surface area contributed by atoms with E-state index in [0.29, 0.717) is 42.2 Å². The van der Waals surface area contributed by atoms with E-state index in [-0.39, 0.29) is 5.91 Å². The van der Waals surface area contributed by atoms with Crippen molar-refractivity contribution in [3.8, 4) is 29.1 Å². The largest absolute Gasteiger partial charge is 0.497 e. The Morgan fingerprint density at radius 2 is 1.60 bits per heavy atom. The lowest BCUT2D eigenvalue weighted by Crippen LogP contribution is -2.31. The predicted molar refractivity (Wildman–Crippen MR) is 138 cm³/mol. The van der Waals surface area contributed by atoms with Crippen molar-refractivity contribution in [2.24, 2.45) is 0 Å². The topological polar surface area (TPSA) is 48.0 Å². The lowest BCUT2D eigenvalue weighted by Gasteiger charge is -2.22. The van der Waals surface area contributed by atoms with Gasteiger partial charge in [-0.05, 0) is 66.4 Å². The Morgan fingerprint density at radius 1 is 0.914 bits per heavy atom. The van der Waals surface area contributed by atoms with Gasteiger partial charge in [-0.15, -0.1) is 0 Å². The van der Waals surface area contributed by atoms with Gasteiger partial charge in [-0.25, -0.2) is 0 Å². The number of hydrogen-bond donors (Lipinski definition) is 0. The number of hydrogen-bond acceptors (Lipinski definition) is 4. The molecule has 5 nitrogen and oxygen atoms in total. The fourth-order valence-electron chi connectivity index (χ4n) is 4.21. The molecule has 3 aromatic rings. The summed E-state index contributed by atoms with van der Waals surface area (Å²) in [6.45, 7) is 2.98. The first kappa shape index (κ1) is 24.0. The summed E-state index contributed by atoms with van der Waals surface area (Å²) in [4.78, 5) is 15.8. The number of carbonyl (C=O) groups excluding carboxylic acids is 1. The molecule has 35 heavy (non-hydrogen) atoms. The van der Waals surface area contributed by atoms with Crippen LogP contribution in [0.2, 0.25) is 0 Å². The number of ether oxygens (including phenoxy) is 3. The van der Waals surface area contributed by atoms with Gasteiger partial charge in [-0.1, -0.05) is 42.2 Å². The van der Waals surface area contributed by atoms with Crippen molar-refractivity contribution < 1.29 is 19.0 Å². The molecule has 4 rings (SSSR count). The Bertz CT molecular complexity index is 1300. The van der Waals surface area contributed by atoms with Gasteiger partial charge in [-0.3, -0.25) is 4.79 Å². The molecule has 1 heterocycles. The number of amides is 1. The van der Waals surface area contributed by atoms with Crippen LogP contribution in [0.25, 0.3) is 5.57 Å². The van der Waals surface area contributed by atoms with E-state index in [1.165, 1.54) is 0 Å². The molecule has 0 spiro atoms. The number of rotatable bonds is 5. The average molecular weight is 468 g/mol. The van der Waals surface area contributed by atoms with Gasteiger partial charge in [0.15, 0.2) is 11.5 Å². The Labute approximate surface area is 206 Å². The SMILES string of the molecule is COc1ccc(CN2CCc3cc(OC)c(OC)cc3/C(=C(/C)C#Cc3ccccc3)C2=O)cc1. The lowest BCUT2D eigenvalue weighted by atomic mass is 9.94. The maximum absolute atomic E-state index is 13.9. The predicted octanol–water partition coefficient (Wildman–Crippen LogP) is 5.12. The first-order chi connectivity index (χ1) is 17.0. The summed E-state index contributed by atoms with van der Waals surface area (Å²) < 4.78 is 16.4. The Balaban J connectivity index is 1.79. The van der Waals surface area contributed by atoms with Gasteiger partial charge in [0.25, 0.3) is 5.91 Å². The first-order valence-electron chi connectivity index (χ1n) is 11.5. The van der Waals surface area contributed by atoms with E-state index in [4.69, 9.17) is 14.2 Å². The minimum absolute atomic E-state index is 0.0494. The summed E-state index contributed by atoms with van der Waals surface area (Å²) in [5.74, 6) is 8.39. The zero-order valence-electron chi connectivity index (χ0n) is 20.6. The van der Waals surface area contributed by atoms with E-state index >= 15 is 0 Å². The number of benzene rings is 3. The summed E-state index contributed by atoms with van der Waals surface area (Å²) >= 11 is 0. The third kappa shape index (κ3) is 5.33. The molecule has 0 N–H and O–H groups in total. The molecule has 1 aliphatic heterocycles. The van der Waals surface area contributed by atoms with Crippen LogP contribution in [-0.4, -0.2) is 38.7 Å². The highest BCUT2D eigenvalue weighted by atomic mass is 16.5. The average Bonchev–Trinajstić information content (AvgIpc) is 3.03. The third-order valence-electron chi connectivity index (χ3n) is 6.11. The number of allylic oxidation sites excluding steroid dienone is 1. The van der Waals surface area contributed by atoms with Gasteiger partial charge >= 0.3 is 0 Å². The van der Waals surface area contributed by atoms with Crippen molar-refractivity contribution in [3.05, 3.63) is 94.6 Å². The molecule has 0 aromatic heterocycles. The zero-order chi connectivity index (χ0) is 24.8. The fourth-order valence-corrected chi connectivity index (χ4v) is 4.21. The monoisotopic (exact) mass is 467 g/mol. The van der Waals surface area contributed by atoms with Crippen LogP contribution >= 0.6 is 0 Å². The molecule has 1 aliphatic rings. The molecule has 0 saturated carbocycles. The van der Waals surface area contributed by atoms with E-state index in [9.17, 15) is 4.79 Å². The number of carbonyl (C=O) groups is 1. The molecule has 0 radical (unpaired) electrons. The molecule has 0 atom stereocenters. The molecule has 0 bridgehead atoms. The van der Waals surface area contributed by atoms with E-state index in [0.717, 1.165) is 28.0 Å². The summed E-state index contributed by atoms with van der Waals surface area (Å²) in [6.07, 6.45) is 0.695. The first-order valence-corrected chi connectivity index (χ1v) is 11.5. The Kier molecular flexibility index (Phi) is 7.42. The molecule has 178 valence electrons. The van der Waals surface area contributed by atoms with Gasteiger partial charge in [0.2, 0.25) is 0 Å². The molecule has 1 amide bonds. The van der Waals surface area contributed by atoms with Crippen LogP contribution in [0.15, 0.2) is 72.3 Å². The van der Waals surface area contributed by atoms with Crippen LogP contribution in [-0.2, 0) is 17.8 Å². The maximum Gasteiger partial charge on any atom is 0.255 e.